The number of methoxy groups -OCH3 is 1. The van der Waals surface area contributed by atoms with Crippen LogP contribution < -0.4 is 0 Å². The molecule has 0 aliphatic carbocycles. The van der Waals surface area contributed by atoms with E-state index < -0.39 is 29.8 Å². The third-order valence-electron chi connectivity index (χ3n) is 8.66. The number of carboxylic acid groups (broad SMARTS) is 1. The quantitative estimate of drug-likeness (QED) is 0.0405. The number of hydrogen-bond donors (Lipinski definition) is 1. The van der Waals surface area contributed by atoms with Gasteiger partial charge in [0.1, 0.15) is 0 Å². The third-order valence-corrected chi connectivity index (χ3v) is 8.66. The van der Waals surface area contributed by atoms with E-state index in [2.05, 4.69) is 29.9 Å². The van der Waals surface area contributed by atoms with Crippen LogP contribution in [-0.2, 0) is 24.7 Å². The van der Waals surface area contributed by atoms with E-state index >= 15 is 0 Å². The first-order chi connectivity index (χ1) is 24.7. The Labute approximate surface area is 305 Å². The molecule has 1 aromatic rings. The Morgan fingerprint density at radius 1 is 0.725 bits per heavy atom. The fraction of sp³-hybridized carbons (Fsp3) is 0.581. The molecule has 2 atom stereocenters. The lowest BCUT2D eigenvalue weighted by atomic mass is 9.92. The van der Waals surface area contributed by atoms with Crippen LogP contribution in [0.3, 0.4) is 0 Å². The van der Waals surface area contributed by atoms with Gasteiger partial charge < -0.3 is 14.6 Å². The van der Waals surface area contributed by atoms with E-state index in [0.29, 0.717) is 6.42 Å². The zero-order valence-corrected chi connectivity index (χ0v) is 30.6. The van der Waals surface area contributed by atoms with Crippen molar-refractivity contribution in [1.82, 2.24) is 0 Å². The van der Waals surface area contributed by atoms with Crippen LogP contribution in [0.15, 0.2) is 66.8 Å². The predicted molar refractivity (Wildman–Crippen MR) is 200 cm³/mol. The van der Waals surface area contributed by atoms with Gasteiger partial charge in [-0.15, -0.1) is 6.42 Å². The van der Waals surface area contributed by atoms with Crippen LogP contribution in [0.4, 0.5) is 13.2 Å². The Kier molecular flexibility index (Phi) is 25.6. The van der Waals surface area contributed by atoms with Crippen molar-refractivity contribution in [3.05, 3.63) is 72.4 Å². The van der Waals surface area contributed by atoms with Crippen LogP contribution in [0.2, 0.25) is 0 Å². The van der Waals surface area contributed by atoms with E-state index in [1.165, 1.54) is 127 Å². The monoisotopic (exact) mass is 712 g/mol. The van der Waals surface area contributed by atoms with Crippen molar-refractivity contribution in [1.29, 1.82) is 0 Å². The van der Waals surface area contributed by atoms with Gasteiger partial charge in [-0.05, 0) is 63.5 Å². The van der Waals surface area contributed by atoms with Gasteiger partial charge in [-0.2, -0.15) is 13.2 Å². The molecule has 0 aliphatic heterocycles. The summed E-state index contributed by atoms with van der Waals surface area (Å²) < 4.78 is 52.0. The number of rotatable bonds is 28. The molecule has 282 valence electrons. The Morgan fingerprint density at radius 2 is 1.16 bits per heavy atom. The van der Waals surface area contributed by atoms with Gasteiger partial charge in [0, 0.05) is 18.6 Å². The molecule has 0 unspecified atom stereocenters. The van der Waals surface area contributed by atoms with E-state index in [4.69, 9.17) is 21.0 Å². The first kappa shape index (κ1) is 45.3. The number of terminal acetylenes is 1. The first-order valence-corrected chi connectivity index (χ1v) is 18.7. The number of aliphatic carboxylic acids is 1. The SMILES string of the molecule is C#C[C@@H](/C=C/CCCCCCCCCCCC/C=C\CCCCCCCCC/C=C\C#CC(=O)O)OC(=O)[C@@](OC)(c1ccccc1)C(F)(F)F. The van der Waals surface area contributed by atoms with Gasteiger partial charge in [0.2, 0.25) is 0 Å². The van der Waals surface area contributed by atoms with Crippen molar-refractivity contribution in [3.63, 3.8) is 0 Å². The van der Waals surface area contributed by atoms with Crippen LogP contribution in [0.1, 0.15) is 140 Å². The number of carbonyl (C=O) groups is 2. The summed E-state index contributed by atoms with van der Waals surface area (Å²) in [7, 11) is 0.827. The van der Waals surface area contributed by atoms with Crippen molar-refractivity contribution in [3.8, 4) is 24.2 Å². The minimum atomic E-state index is -5.05. The number of carbonyl (C=O) groups excluding carboxylic acids is 1. The van der Waals surface area contributed by atoms with Crippen molar-refractivity contribution >= 4 is 11.9 Å². The second kappa shape index (κ2) is 28.9. The second-order valence-electron chi connectivity index (χ2n) is 12.8. The maximum Gasteiger partial charge on any atom is 0.432 e. The molecule has 51 heavy (non-hydrogen) atoms. The summed E-state index contributed by atoms with van der Waals surface area (Å²) in [5, 5.41) is 8.43. The number of benzene rings is 1. The summed E-state index contributed by atoms with van der Waals surface area (Å²) in [4.78, 5) is 23.1. The lowest BCUT2D eigenvalue weighted by Gasteiger charge is -2.32. The topological polar surface area (TPSA) is 72.8 Å². The van der Waals surface area contributed by atoms with E-state index in [0.717, 1.165) is 39.2 Å². The Bertz CT molecular complexity index is 1270. The molecule has 0 radical (unpaired) electrons. The number of halogens is 3. The average Bonchev–Trinajstić information content (AvgIpc) is 3.10. The Hall–Kier alpha value is -3.75. The molecule has 8 heteroatoms. The molecule has 0 fully saturated rings. The number of ether oxygens (including phenoxy) is 2. The number of esters is 1. The molecular formula is C43H59F3O5. The van der Waals surface area contributed by atoms with E-state index in [1.54, 1.807) is 18.2 Å². The predicted octanol–water partition coefficient (Wildman–Crippen LogP) is 11.6. The zero-order chi connectivity index (χ0) is 37.5. The Balaban J connectivity index is 2.00. The average molecular weight is 713 g/mol. The summed E-state index contributed by atoms with van der Waals surface area (Å²) in [5.74, 6) is 4.12. The minimum absolute atomic E-state index is 0.373. The molecular weight excluding hydrogens is 653 g/mol. The highest BCUT2D eigenvalue weighted by molar-refractivity contribution is 5.86. The van der Waals surface area contributed by atoms with Gasteiger partial charge in [-0.25, -0.2) is 9.59 Å². The number of allylic oxidation sites excluding steroid dienone is 5. The molecule has 1 aromatic carbocycles. The highest BCUT2D eigenvalue weighted by atomic mass is 19.4. The molecule has 0 saturated heterocycles. The number of hydrogen-bond acceptors (Lipinski definition) is 4. The van der Waals surface area contributed by atoms with Gasteiger partial charge in [-0.1, -0.05) is 150 Å². The van der Waals surface area contributed by atoms with Crippen molar-refractivity contribution in [2.24, 2.45) is 0 Å². The fourth-order valence-electron chi connectivity index (χ4n) is 5.76. The summed E-state index contributed by atoms with van der Waals surface area (Å²) in [5.41, 5.74) is -3.63. The smallest absolute Gasteiger partial charge is 0.432 e. The lowest BCUT2D eigenvalue weighted by Crippen LogP contribution is -2.52. The number of alkyl halides is 3. The molecule has 1 N–H and O–H groups in total. The van der Waals surface area contributed by atoms with Crippen molar-refractivity contribution < 1.29 is 37.3 Å². The third kappa shape index (κ3) is 20.6. The van der Waals surface area contributed by atoms with Crippen LogP contribution in [0.25, 0.3) is 0 Å². The van der Waals surface area contributed by atoms with Crippen molar-refractivity contribution in [2.45, 2.75) is 153 Å². The van der Waals surface area contributed by atoms with Gasteiger partial charge in [0.05, 0.1) is 0 Å². The largest absolute Gasteiger partial charge is 0.472 e. The van der Waals surface area contributed by atoms with Crippen LogP contribution in [0.5, 0.6) is 0 Å². The highest BCUT2D eigenvalue weighted by Crippen LogP contribution is 2.43. The molecule has 0 bridgehead atoms. The fourth-order valence-corrected chi connectivity index (χ4v) is 5.76. The summed E-state index contributed by atoms with van der Waals surface area (Å²) in [6.45, 7) is 0. The minimum Gasteiger partial charge on any atom is -0.472 e. The molecule has 0 spiro atoms. The highest BCUT2D eigenvalue weighted by Gasteiger charge is 2.64. The second-order valence-corrected chi connectivity index (χ2v) is 12.8. The van der Waals surface area contributed by atoms with Crippen LogP contribution in [-0.4, -0.2) is 36.4 Å². The summed E-state index contributed by atoms with van der Waals surface area (Å²) >= 11 is 0. The summed E-state index contributed by atoms with van der Waals surface area (Å²) in [6, 6.07) is 6.68. The molecule has 0 saturated carbocycles. The Morgan fingerprint density at radius 3 is 1.57 bits per heavy atom. The van der Waals surface area contributed by atoms with Crippen LogP contribution >= 0.6 is 0 Å². The molecule has 5 nitrogen and oxygen atoms in total. The molecule has 0 amide bonds. The normalized spacial score (nSPS) is 13.5. The maximum absolute atomic E-state index is 14.1. The van der Waals surface area contributed by atoms with Crippen molar-refractivity contribution in [2.75, 3.05) is 7.11 Å². The van der Waals surface area contributed by atoms with Gasteiger partial charge in [0.15, 0.2) is 6.10 Å². The first-order valence-electron chi connectivity index (χ1n) is 18.7. The lowest BCUT2D eigenvalue weighted by molar-refractivity contribution is -0.276. The maximum atomic E-state index is 14.1. The van der Waals surface area contributed by atoms with Gasteiger partial charge in [-0.3, -0.25) is 0 Å². The number of unbranched alkanes of at least 4 members (excludes halogenated alkanes) is 19. The molecule has 1 rings (SSSR count). The van der Waals surface area contributed by atoms with Gasteiger partial charge in [0.25, 0.3) is 5.60 Å². The van der Waals surface area contributed by atoms with Gasteiger partial charge >= 0.3 is 18.1 Å². The van der Waals surface area contributed by atoms with Crippen LogP contribution in [0, 0.1) is 24.2 Å². The number of carboxylic acids is 1. The molecule has 0 aliphatic rings. The molecule has 0 aromatic heterocycles. The molecule has 0 heterocycles. The summed E-state index contributed by atoms with van der Waals surface area (Å²) in [6.07, 6.45) is 35.3. The van der Waals surface area contributed by atoms with E-state index in [-0.39, 0.29) is 5.56 Å². The van der Waals surface area contributed by atoms with E-state index in [1.807, 2.05) is 6.08 Å². The standard InChI is InChI=1S/C43H59F3O5/c1-3-39(51-41(49)42(50-2,43(44,45)46)38-34-30-29-31-35-38)36-32-27-25-23-21-19-17-15-13-11-9-7-5-4-6-8-10-12-14-16-18-20-22-24-26-28-33-37-40(47)48/h1,4,6,26,28-32,34-36,39H,5,7-25,27H2,2H3,(H,47,48)/b6-4-,28-26-,36-32+/t39-,42-/m0/s1. The van der Waals surface area contributed by atoms with E-state index in [9.17, 15) is 22.8 Å². The zero-order valence-electron chi connectivity index (χ0n) is 30.6.